The van der Waals surface area contributed by atoms with Crippen molar-refractivity contribution in [2.75, 3.05) is 6.61 Å². The SMILES string of the molecule is CC(C)CC(=O)OCC(C)CC(=O)OC(C)C. The van der Waals surface area contributed by atoms with Gasteiger partial charge in [0.2, 0.25) is 0 Å². The Bertz CT molecular complexity index is 246. The first-order valence-electron chi connectivity index (χ1n) is 6.16. The van der Waals surface area contributed by atoms with Crippen LogP contribution in [0.1, 0.15) is 47.5 Å². The molecule has 0 N–H and O–H groups in total. The Labute approximate surface area is 104 Å². The fourth-order valence-corrected chi connectivity index (χ4v) is 1.28. The van der Waals surface area contributed by atoms with Gasteiger partial charge < -0.3 is 9.47 Å². The number of carbonyl (C=O) groups is 2. The van der Waals surface area contributed by atoms with Crippen molar-refractivity contribution in [3.05, 3.63) is 0 Å². The molecule has 0 saturated heterocycles. The van der Waals surface area contributed by atoms with Crippen LogP contribution in [-0.4, -0.2) is 24.6 Å². The first kappa shape index (κ1) is 15.9. The molecule has 100 valence electrons. The normalized spacial score (nSPS) is 12.6. The summed E-state index contributed by atoms with van der Waals surface area (Å²) < 4.78 is 10.1. The van der Waals surface area contributed by atoms with E-state index in [1.165, 1.54) is 0 Å². The highest BCUT2D eigenvalue weighted by atomic mass is 16.5. The van der Waals surface area contributed by atoms with Crippen LogP contribution in [0.15, 0.2) is 0 Å². The molecule has 4 heteroatoms. The number of ether oxygens (including phenoxy) is 2. The van der Waals surface area contributed by atoms with E-state index in [2.05, 4.69) is 0 Å². The second-order valence-corrected chi connectivity index (χ2v) is 5.13. The van der Waals surface area contributed by atoms with Gasteiger partial charge in [-0.25, -0.2) is 0 Å². The van der Waals surface area contributed by atoms with Crippen molar-refractivity contribution < 1.29 is 19.1 Å². The number of hydrogen-bond acceptors (Lipinski definition) is 4. The van der Waals surface area contributed by atoms with Gasteiger partial charge in [0, 0.05) is 12.3 Å². The standard InChI is InChI=1S/C13H24O4/c1-9(2)6-12(14)16-8-11(5)7-13(15)17-10(3)4/h9-11H,6-8H2,1-5H3. The van der Waals surface area contributed by atoms with Crippen LogP contribution in [0.3, 0.4) is 0 Å². The van der Waals surface area contributed by atoms with Crippen molar-refractivity contribution in [2.24, 2.45) is 11.8 Å². The maximum atomic E-state index is 11.3. The Kier molecular flexibility index (Phi) is 7.59. The van der Waals surface area contributed by atoms with Crippen LogP contribution in [0.2, 0.25) is 0 Å². The fourth-order valence-electron chi connectivity index (χ4n) is 1.28. The second-order valence-electron chi connectivity index (χ2n) is 5.13. The summed E-state index contributed by atoms with van der Waals surface area (Å²) in [5.41, 5.74) is 0. The zero-order valence-electron chi connectivity index (χ0n) is 11.5. The van der Waals surface area contributed by atoms with Gasteiger partial charge in [0.1, 0.15) is 0 Å². The molecule has 0 aliphatic carbocycles. The van der Waals surface area contributed by atoms with Crippen LogP contribution in [-0.2, 0) is 19.1 Å². The van der Waals surface area contributed by atoms with E-state index in [9.17, 15) is 9.59 Å². The van der Waals surface area contributed by atoms with E-state index in [4.69, 9.17) is 9.47 Å². The maximum Gasteiger partial charge on any atom is 0.306 e. The van der Waals surface area contributed by atoms with Gasteiger partial charge >= 0.3 is 11.9 Å². The smallest absolute Gasteiger partial charge is 0.306 e. The Hall–Kier alpha value is -1.06. The lowest BCUT2D eigenvalue weighted by molar-refractivity contribution is -0.152. The number of esters is 2. The average molecular weight is 244 g/mol. The average Bonchev–Trinajstić information content (AvgIpc) is 2.12. The Balaban J connectivity index is 3.75. The highest BCUT2D eigenvalue weighted by molar-refractivity contribution is 5.70. The Morgan fingerprint density at radius 2 is 1.53 bits per heavy atom. The van der Waals surface area contributed by atoms with E-state index >= 15 is 0 Å². The monoisotopic (exact) mass is 244 g/mol. The van der Waals surface area contributed by atoms with Crippen LogP contribution < -0.4 is 0 Å². The lowest BCUT2D eigenvalue weighted by atomic mass is 10.1. The minimum atomic E-state index is -0.243. The van der Waals surface area contributed by atoms with E-state index in [-0.39, 0.29) is 37.0 Å². The molecule has 0 aromatic carbocycles. The summed E-state index contributed by atoms with van der Waals surface area (Å²) in [4.78, 5) is 22.6. The summed E-state index contributed by atoms with van der Waals surface area (Å²) in [6.07, 6.45) is 0.606. The molecule has 1 atom stereocenters. The highest BCUT2D eigenvalue weighted by Gasteiger charge is 2.14. The summed E-state index contributed by atoms with van der Waals surface area (Å²) in [6, 6.07) is 0. The molecule has 0 aromatic rings. The molecule has 0 fully saturated rings. The summed E-state index contributed by atoms with van der Waals surface area (Å²) in [6.45, 7) is 9.69. The number of carbonyl (C=O) groups excluding carboxylic acids is 2. The largest absolute Gasteiger partial charge is 0.465 e. The lowest BCUT2D eigenvalue weighted by Crippen LogP contribution is -2.19. The van der Waals surface area contributed by atoms with E-state index in [0.717, 1.165) is 0 Å². The van der Waals surface area contributed by atoms with Gasteiger partial charge in [0.05, 0.1) is 19.1 Å². The first-order chi connectivity index (χ1) is 7.81. The van der Waals surface area contributed by atoms with Crippen LogP contribution in [0.25, 0.3) is 0 Å². The molecular formula is C13H24O4. The van der Waals surface area contributed by atoms with Crippen molar-refractivity contribution >= 4 is 11.9 Å². The van der Waals surface area contributed by atoms with Gasteiger partial charge in [-0.1, -0.05) is 20.8 Å². The topological polar surface area (TPSA) is 52.6 Å². The molecule has 0 radical (unpaired) electrons. The third kappa shape index (κ3) is 9.85. The second kappa shape index (κ2) is 8.09. The highest BCUT2D eigenvalue weighted by Crippen LogP contribution is 2.08. The molecule has 0 saturated carbocycles. The number of rotatable bonds is 7. The summed E-state index contributed by atoms with van der Waals surface area (Å²) in [5, 5.41) is 0. The molecule has 1 unspecified atom stereocenters. The van der Waals surface area contributed by atoms with E-state index in [0.29, 0.717) is 12.3 Å². The predicted molar refractivity (Wildman–Crippen MR) is 65.4 cm³/mol. The van der Waals surface area contributed by atoms with Gasteiger partial charge in [0.15, 0.2) is 0 Å². The Morgan fingerprint density at radius 1 is 0.941 bits per heavy atom. The molecule has 4 nitrogen and oxygen atoms in total. The summed E-state index contributed by atoms with van der Waals surface area (Å²) in [5.74, 6) is -0.155. The molecule has 17 heavy (non-hydrogen) atoms. The van der Waals surface area contributed by atoms with E-state index in [1.54, 1.807) is 0 Å². The number of hydrogen-bond donors (Lipinski definition) is 0. The molecule has 0 heterocycles. The first-order valence-corrected chi connectivity index (χ1v) is 6.16. The van der Waals surface area contributed by atoms with Gasteiger partial charge in [-0.05, 0) is 19.8 Å². The third-order valence-corrected chi connectivity index (χ3v) is 1.99. The zero-order chi connectivity index (χ0) is 13.4. The van der Waals surface area contributed by atoms with E-state index < -0.39 is 0 Å². The van der Waals surface area contributed by atoms with Gasteiger partial charge in [-0.3, -0.25) is 9.59 Å². The van der Waals surface area contributed by atoms with Crippen molar-refractivity contribution in [1.82, 2.24) is 0 Å². The molecule has 0 rings (SSSR count). The van der Waals surface area contributed by atoms with Crippen LogP contribution in [0, 0.1) is 11.8 Å². The fraction of sp³-hybridized carbons (Fsp3) is 0.846. The lowest BCUT2D eigenvalue weighted by Gasteiger charge is -2.13. The zero-order valence-corrected chi connectivity index (χ0v) is 11.5. The van der Waals surface area contributed by atoms with Gasteiger partial charge in [-0.2, -0.15) is 0 Å². The van der Waals surface area contributed by atoms with E-state index in [1.807, 2.05) is 34.6 Å². The van der Waals surface area contributed by atoms with Crippen molar-refractivity contribution in [2.45, 2.75) is 53.6 Å². The Morgan fingerprint density at radius 3 is 2.00 bits per heavy atom. The van der Waals surface area contributed by atoms with Gasteiger partial charge in [-0.15, -0.1) is 0 Å². The molecular weight excluding hydrogens is 220 g/mol. The molecule has 0 spiro atoms. The van der Waals surface area contributed by atoms with Crippen LogP contribution >= 0.6 is 0 Å². The third-order valence-electron chi connectivity index (χ3n) is 1.99. The minimum absolute atomic E-state index is 0.00244. The maximum absolute atomic E-state index is 11.3. The van der Waals surface area contributed by atoms with Crippen LogP contribution in [0.5, 0.6) is 0 Å². The molecule has 0 bridgehead atoms. The molecule has 0 aliphatic rings. The van der Waals surface area contributed by atoms with Crippen LogP contribution in [0.4, 0.5) is 0 Å². The minimum Gasteiger partial charge on any atom is -0.465 e. The molecule has 0 aliphatic heterocycles. The summed E-state index contributed by atoms with van der Waals surface area (Å²) in [7, 11) is 0. The quantitative estimate of drug-likeness (QED) is 0.646. The van der Waals surface area contributed by atoms with Gasteiger partial charge in [0.25, 0.3) is 0 Å². The van der Waals surface area contributed by atoms with Crippen molar-refractivity contribution in [1.29, 1.82) is 0 Å². The molecule has 0 aromatic heterocycles. The van der Waals surface area contributed by atoms with Crippen molar-refractivity contribution in [3.8, 4) is 0 Å². The summed E-state index contributed by atoms with van der Waals surface area (Å²) >= 11 is 0. The predicted octanol–water partition coefficient (Wildman–Crippen LogP) is 2.55. The van der Waals surface area contributed by atoms with Crippen molar-refractivity contribution in [3.63, 3.8) is 0 Å². The molecule has 0 amide bonds.